The predicted molar refractivity (Wildman–Crippen MR) is 404 cm³/mol. The molecular formula is C92H57N5. The Morgan fingerprint density at radius 2 is 0.443 bits per heavy atom. The zero-order valence-electron chi connectivity index (χ0n) is 52.6. The lowest BCUT2D eigenvalue weighted by atomic mass is 9.97. The zero-order chi connectivity index (χ0) is 64.5. The van der Waals surface area contributed by atoms with Crippen molar-refractivity contribution >= 4 is 71.1 Å². The van der Waals surface area contributed by atoms with E-state index in [9.17, 15) is 11.8 Å². The SMILES string of the molecule is [C-]#[N+]c1cc(C#N)c(-n2c3ccc(-c4ccc(-c5ccccc5)cc4)cc3c3cc(-c4ccc(-c5ccccc5)cc4)ccc32)c(-n2c3ccccc3c3ccccc32)c1-n1c2ccc(-c3ccc(-c4ccccc4)cc3)cc2c2cc(-c3ccc(-c4ccccc4)cc3)ccc21. The fourth-order valence-corrected chi connectivity index (χ4v) is 14.8. The molecule has 0 saturated heterocycles. The second-order valence-electron chi connectivity index (χ2n) is 25.0. The summed E-state index contributed by atoms with van der Waals surface area (Å²) in [5, 5.41) is 18.3. The van der Waals surface area contributed by atoms with Gasteiger partial charge in [-0.25, -0.2) is 4.85 Å². The Balaban J connectivity index is 0.924. The van der Waals surface area contributed by atoms with E-state index >= 15 is 0 Å². The van der Waals surface area contributed by atoms with Crippen molar-refractivity contribution in [3.05, 3.63) is 363 Å². The first kappa shape index (κ1) is 56.4. The molecule has 3 aromatic heterocycles. The molecule has 0 saturated carbocycles. The van der Waals surface area contributed by atoms with Gasteiger partial charge in [0.2, 0.25) is 5.69 Å². The van der Waals surface area contributed by atoms with Crippen LogP contribution in [0.15, 0.2) is 346 Å². The van der Waals surface area contributed by atoms with Gasteiger partial charge >= 0.3 is 0 Å². The third-order valence-corrected chi connectivity index (χ3v) is 19.6. The second kappa shape index (κ2) is 23.4. The van der Waals surface area contributed by atoms with Crippen LogP contribution in [-0.2, 0) is 0 Å². The van der Waals surface area contributed by atoms with E-state index in [1.807, 2.05) is 6.07 Å². The van der Waals surface area contributed by atoms with Gasteiger partial charge in [-0.3, -0.25) is 0 Å². The number of hydrogen-bond donors (Lipinski definition) is 0. The normalized spacial score (nSPS) is 11.5. The van der Waals surface area contributed by atoms with E-state index in [0.717, 1.165) is 132 Å². The van der Waals surface area contributed by atoms with Crippen LogP contribution in [0.2, 0.25) is 0 Å². The lowest BCUT2D eigenvalue weighted by Gasteiger charge is -2.24. The van der Waals surface area contributed by atoms with E-state index in [0.29, 0.717) is 28.3 Å². The fourth-order valence-electron chi connectivity index (χ4n) is 14.8. The largest absolute Gasteiger partial charge is 0.317 e. The van der Waals surface area contributed by atoms with E-state index in [1.54, 1.807) is 0 Å². The van der Waals surface area contributed by atoms with Crippen LogP contribution in [0.3, 0.4) is 0 Å². The van der Waals surface area contributed by atoms with E-state index in [4.69, 9.17) is 0 Å². The van der Waals surface area contributed by atoms with Crippen LogP contribution in [0.1, 0.15) is 5.56 Å². The summed E-state index contributed by atoms with van der Waals surface area (Å²) in [7, 11) is 0. The third-order valence-electron chi connectivity index (χ3n) is 19.6. The molecule has 0 amide bonds. The van der Waals surface area contributed by atoms with Crippen LogP contribution in [0, 0.1) is 17.9 Å². The molecular weight excluding hydrogens is 1180 g/mol. The molecule has 5 nitrogen and oxygen atoms in total. The average molecular weight is 1230 g/mol. The van der Waals surface area contributed by atoms with Crippen LogP contribution >= 0.6 is 0 Å². The van der Waals surface area contributed by atoms with Gasteiger partial charge in [0.05, 0.1) is 62.3 Å². The highest BCUT2D eigenvalue weighted by Crippen LogP contribution is 2.49. The van der Waals surface area contributed by atoms with Gasteiger partial charge < -0.3 is 13.7 Å². The molecule has 0 spiro atoms. The Kier molecular flexibility index (Phi) is 13.6. The summed E-state index contributed by atoms with van der Waals surface area (Å²) in [6.45, 7) is 9.40. The van der Waals surface area contributed by atoms with Gasteiger partial charge in [0.15, 0.2) is 0 Å². The van der Waals surface area contributed by atoms with Crippen LogP contribution in [-0.4, -0.2) is 13.7 Å². The highest BCUT2D eigenvalue weighted by molar-refractivity contribution is 6.16. The van der Waals surface area contributed by atoms with Crippen LogP contribution in [0.4, 0.5) is 5.69 Å². The van der Waals surface area contributed by atoms with Crippen LogP contribution in [0.25, 0.3) is 176 Å². The van der Waals surface area contributed by atoms with E-state index in [1.165, 1.54) is 22.3 Å². The van der Waals surface area contributed by atoms with Crippen molar-refractivity contribution in [2.24, 2.45) is 0 Å². The van der Waals surface area contributed by atoms with E-state index in [-0.39, 0.29) is 0 Å². The molecule has 450 valence electrons. The van der Waals surface area contributed by atoms with Crippen molar-refractivity contribution in [2.75, 3.05) is 0 Å². The number of fused-ring (bicyclic) bond motifs is 9. The summed E-state index contributed by atoms with van der Waals surface area (Å²) < 4.78 is 6.96. The van der Waals surface area contributed by atoms with Crippen molar-refractivity contribution in [1.82, 2.24) is 13.7 Å². The van der Waals surface area contributed by atoms with Crippen LogP contribution < -0.4 is 0 Å². The van der Waals surface area contributed by atoms with E-state index < -0.39 is 0 Å². The maximum atomic E-state index is 12.0. The van der Waals surface area contributed by atoms with Gasteiger partial charge in [-0.2, -0.15) is 5.26 Å². The number of rotatable bonds is 11. The quantitative estimate of drug-likeness (QED) is 0.119. The van der Waals surface area contributed by atoms with Gasteiger partial charge in [-0.15, -0.1) is 0 Å². The molecule has 97 heavy (non-hydrogen) atoms. The summed E-state index contributed by atoms with van der Waals surface area (Å²) in [6, 6.07) is 126. The first-order valence-corrected chi connectivity index (χ1v) is 32.8. The number of nitriles is 1. The van der Waals surface area contributed by atoms with Gasteiger partial charge in [0, 0.05) is 32.3 Å². The summed E-state index contributed by atoms with van der Waals surface area (Å²) in [4.78, 5) is 4.52. The standard InChI is InChI=1S/C92H57N5/c1-94-83-58-76(59-93)90(95-86-50-46-72(68-38-30-64(31-39-68)60-18-6-2-7-19-60)54-79(86)80-55-73(47-51-87(80)95)69-40-32-65(33-41-69)61-20-8-3-9-21-61)92(97-84-28-16-14-26-77(84)78-27-15-17-29-85(78)97)91(83)96-88-52-48-74(70-42-34-66(35-43-70)62-22-10-4-11-23-62)56-81(88)82-57-75(49-53-89(82)96)71-44-36-67(37-45-71)63-24-12-5-13-25-63/h2-58H. The number of aromatic nitrogens is 3. The molecule has 0 bridgehead atoms. The lowest BCUT2D eigenvalue weighted by Crippen LogP contribution is -2.11. The molecule has 0 radical (unpaired) electrons. The Bertz CT molecular complexity index is 5530. The summed E-state index contributed by atoms with van der Waals surface area (Å²) >= 11 is 0. The van der Waals surface area contributed by atoms with Crippen molar-refractivity contribution in [2.45, 2.75) is 0 Å². The molecule has 5 heteroatoms. The van der Waals surface area contributed by atoms with Crippen molar-refractivity contribution < 1.29 is 0 Å². The van der Waals surface area contributed by atoms with Gasteiger partial charge in [-0.1, -0.05) is 279 Å². The maximum Gasteiger partial charge on any atom is 0.214 e. The Hall–Kier alpha value is -13.3. The number of hydrogen-bond acceptors (Lipinski definition) is 1. The number of nitrogens with zero attached hydrogens (tertiary/aromatic N) is 5. The maximum absolute atomic E-state index is 12.0. The summed E-state index contributed by atoms with van der Waals surface area (Å²) in [5.41, 5.74) is 26.2. The van der Waals surface area contributed by atoms with Gasteiger partial charge in [-0.05, 0) is 156 Å². The molecule has 0 aliphatic heterocycles. The highest BCUT2D eigenvalue weighted by atomic mass is 15.1. The van der Waals surface area contributed by atoms with Crippen LogP contribution in [0.5, 0.6) is 0 Å². The highest BCUT2D eigenvalue weighted by Gasteiger charge is 2.30. The minimum absolute atomic E-state index is 0.348. The summed E-state index contributed by atoms with van der Waals surface area (Å²) in [6.07, 6.45) is 0. The molecule has 0 aliphatic carbocycles. The molecule has 0 N–H and O–H groups in total. The Labute approximate surface area is 561 Å². The lowest BCUT2D eigenvalue weighted by molar-refractivity contribution is 1.05. The summed E-state index contributed by atoms with van der Waals surface area (Å²) in [5.74, 6) is 0. The third kappa shape index (κ3) is 9.61. The number of benzene rings is 15. The Morgan fingerprint density at radius 3 is 0.732 bits per heavy atom. The monoisotopic (exact) mass is 1230 g/mol. The first-order chi connectivity index (χ1) is 48.0. The smallest absolute Gasteiger partial charge is 0.214 e. The van der Waals surface area contributed by atoms with Gasteiger partial charge in [0.1, 0.15) is 6.07 Å². The topological polar surface area (TPSA) is 42.9 Å². The predicted octanol–water partition coefficient (Wildman–Crippen LogP) is 24.7. The zero-order valence-corrected chi connectivity index (χ0v) is 52.6. The van der Waals surface area contributed by atoms with Gasteiger partial charge in [0.25, 0.3) is 0 Å². The van der Waals surface area contributed by atoms with Crippen molar-refractivity contribution in [3.63, 3.8) is 0 Å². The average Bonchev–Trinajstić information content (AvgIpc) is 1.57. The van der Waals surface area contributed by atoms with Crippen molar-refractivity contribution in [3.8, 4) is 112 Å². The molecule has 0 atom stereocenters. The molecule has 0 fully saturated rings. The number of para-hydroxylation sites is 2. The van der Waals surface area contributed by atoms with E-state index in [2.05, 4.69) is 364 Å². The first-order valence-electron chi connectivity index (χ1n) is 32.8. The Morgan fingerprint density at radius 1 is 0.216 bits per heavy atom. The molecule has 15 aromatic carbocycles. The molecule has 0 aliphatic rings. The second-order valence-corrected chi connectivity index (χ2v) is 25.0. The molecule has 18 rings (SSSR count). The minimum atomic E-state index is 0.348. The fraction of sp³-hybridized carbons (Fsp3) is 0. The minimum Gasteiger partial charge on any atom is -0.317 e. The molecule has 3 heterocycles. The molecule has 0 unspecified atom stereocenters. The molecule has 18 aromatic rings. The van der Waals surface area contributed by atoms with Crippen molar-refractivity contribution in [1.29, 1.82) is 5.26 Å².